The second-order valence-electron chi connectivity index (χ2n) is 5.73. The fourth-order valence-electron chi connectivity index (χ4n) is 3.21. The number of methoxy groups -OCH3 is 1. The predicted molar refractivity (Wildman–Crippen MR) is 78.9 cm³/mol. The summed E-state index contributed by atoms with van der Waals surface area (Å²) in [6, 6.07) is 5.61. The summed E-state index contributed by atoms with van der Waals surface area (Å²) in [6.07, 6.45) is 5.89. The minimum atomic E-state index is -0.600. The molecule has 0 saturated heterocycles. The molecule has 1 saturated carbocycles. The summed E-state index contributed by atoms with van der Waals surface area (Å²) in [5.74, 6) is 1.46. The fraction of sp³-hybridized carbons (Fsp3) is 0.625. The summed E-state index contributed by atoms with van der Waals surface area (Å²) in [4.78, 5) is 0. The minimum absolute atomic E-state index is 0.600. The summed E-state index contributed by atoms with van der Waals surface area (Å²) in [5.41, 5.74) is 0.408. The van der Waals surface area contributed by atoms with Crippen LogP contribution in [0.5, 0.6) is 5.75 Å². The molecule has 0 amide bonds. The van der Waals surface area contributed by atoms with Crippen LogP contribution in [-0.2, 0) is 6.42 Å². The van der Waals surface area contributed by atoms with Gasteiger partial charge in [0.1, 0.15) is 5.75 Å². The van der Waals surface area contributed by atoms with Crippen molar-refractivity contribution in [2.45, 2.75) is 51.0 Å². The van der Waals surface area contributed by atoms with E-state index < -0.39 is 5.60 Å². The van der Waals surface area contributed by atoms with Crippen LogP contribution in [0.1, 0.15) is 44.6 Å². The van der Waals surface area contributed by atoms with Crippen molar-refractivity contribution in [1.82, 2.24) is 0 Å². The Morgan fingerprint density at radius 2 is 2.26 bits per heavy atom. The van der Waals surface area contributed by atoms with Gasteiger partial charge in [0.2, 0.25) is 0 Å². The van der Waals surface area contributed by atoms with E-state index in [0.717, 1.165) is 37.0 Å². The highest BCUT2D eigenvalue weighted by Crippen LogP contribution is 2.38. The first-order valence-electron chi connectivity index (χ1n) is 7.11. The quantitative estimate of drug-likeness (QED) is 0.896. The van der Waals surface area contributed by atoms with Crippen LogP contribution in [0.25, 0.3) is 0 Å². The van der Waals surface area contributed by atoms with Gasteiger partial charge in [0.25, 0.3) is 0 Å². The number of benzene rings is 1. The molecular weight excluding hydrogens is 260 g/mol. The maximum absolute atomic E-state index is 10.8. The summed E-state index contributed by atoms with van der Waals surface area (Å²) in [7, 11) is 1.66. The largest absolute Gasteiger partial charge is 0.496 e. The van der Waals surface area contributed by atoms with E-state index in [1.165, 1.54) is 6.42 Å². The lowest BCUT2D eigenvalue weighted by atomic mass is 9.74. The van der Waals surface area contributed by atoms with E-state index in [1.807, 2.05) is 18.2 Å². The van der Waals surface area contributed by atoms with E-state index in [2.05, 4.69) is 6.92 Å². The van der Waals surface area contributed by atoms with E-state index in [4.69, 9.17) is 16.3 Å². The van der Waals surface area contributed by atoms with Gasteiger partial charge >= 0.3 is 0 Å². The molecule has 0 aliphatic heterocycles. The molecule has 0 spiro atoms. The zero-order chi connectivity index (χ0) is 13.9. The van der Waals surface area contributed by atoms with Crippen molar-refractivity contribution in [3.05, 3.63) is 28.8 Å². The Bertz CT molecular complexity index is 433. The van der Waals surface area contributed by atoms with Gasteiger partial charge in [-0.2, -0.15) is 0 Å². The summed E-state index contributed by atoms with van der Waals surface area (Å²) >= 11 is 6.06. The number of aliphatic hydroxyl groups is 1. The molecule has 1 aliphatic carbocycles. The Morgan fingerprint density at radius 1 is 1.47 bits per heavy atom. The van der Waals surface area contributed by atoms with Crippen molar-refractivity contribution in [2.75, 3.05) is 7.11 Å². The maximum Gasteiger partial charge on any atom is 0.122 e. The average Bonchev–Trinajstić information content (AvgIpc) is 2.38. The Hall–Kier alpha value is -0.730. The second-order valence-corrected chi connectivity index (χ2v) is 6.16. The fourth-order valence-corrected chi connectivity index (χ4v) is 3.40. The van der Waals surface area contributed by atoms with Gasteiger partial charge in [-0.25, -0.2) is 0 Å². The second kappa shape index (κ2) is 6.15. The lowest BCUT2D eigenvalue weighted by Gasteiger charge is -2.37. The van der Waals surface area contributed by atoms with Gasteiger partial charge in [0, 0.05) is 11.4 Å². The van der Waals surface area contributed by atoms with E-state index in [-0.39, 0.29) is 0 Å². The third-order valence-corrected chi connectivity index (χ3v) is 4.50. The molecule has 1 fully saturated rings. The molecule has 0 heterocycles. The molecule has 2 unspecified atom stereocenters. The van der Waals surface area contributed by atoms with Crippen molar-refractivity contribution < 1.29 is 9.84 Å². The molecule has 1 aromatic carbocycles. The lowest BCUT2D eigenvalue weighted by Crippen LogP contribution is -2.37. The normalized spacial score (nSPS) is 27.3. The number of halogens is 1. The minimum Gasteiger partial charge on any atom is -0.496 e. The third-order valence-electron chi connectivity index (χ3n) is 4.26. The van der Waals surface area contributed by atoms with Crippen LogP contribution >= 0.6 is 11.6 Å². The zero-order valence-electron chi connectivity index (χ0n) is 11.8. The maximum atomic E-state index is 10.8. The first-order chi connectivity index (χ1) is 9.06. The van der Waals surface area contributed by atoms with Crippen LogP contribution in [0.3, 0.4) is 0 Å². The van der Waals surface area contributed by atoms with Crippen molar-refractivity contribution in [3.63, 3.8) is 0 Å². The molecule has 2 nitrogen and oxygen atoms in total. The standard InChI is InChI=1S/C16H23ClO2/c1-3-12-5-4-8-16(18,10-12)11-13-9-14(17)6-7-15(13)19-2/h6-7,9,12,18H,3-5,8,10-11H2,1-2H3. The summed E-state index contributed by atoms with van der Waals surface area (Å²) in [5, 5.41) is 11.5. The molecule has 0 aromatic heterocycles. The smallest absolute Gasteiger partial charge is 0.122 e. The van der Waals surface area contributed by atoms with Gasteiger partial charge in [-0.3, -0.25) is 0 Å². The van der Waals surface area contributed by atoms with Gasteiger partial charge in [0.05, 0.1) is 12.7 Å². The van der Waals surface area contributed by atoms with E-state index >= 15 is 0 Å². The Balaban J connectivity index is 2.17. The van der Waals surface area contributed by atoms with Gasteiger partial charge in [-0.05, 0) is 42.5 Å². The SMILES string of the molecule is CCC1CCCC(O)(Cc2cc(Cl)ccc2OC)C1. The highest BCUT2D eigenvalue weighted by Gasteiger charge is 2.34. The van der Waals surface area contributed by atoms with Crippen molar-refractivity contribution in [1.29, 1.82) is 0 Å². The molecule has 1 N–H and O–H groups in total. The number of hydrogen-bond donors (Lipinski definition) is 1. The molecule has 1 aromatic rings. The van der Waals surface area contributed by atoms with E-state index in [0.29, 0.717) is 17.4 Å². The summed E-state index contributed by atoms with van der Waals surface area (Å²) < 4.78 is 5.37. The van der Waals surface area contributed by atoms with E-state index in [1.54, 1.807) is 7.11 Å². The molecule has 0 radical (unpaired) electrons. The highest BCUT2D eigenvalue weighted by molar-refractivity contribution is 6.30. The molecule has 0 bridgehead atoms. The lowest BCUT2D eigenvalue weighted by molar-refractivity contribution is -0.0165. The number of rotatable bonds is 4. The summed E-state index contributed by atoms with van der Waals surface area (Å²) in [6.45, 7) is 2.20. The third kappa shape index (κ3) is 3.64. The molecule has 2 rings (SSSR count). The molecular formula is C16H23ClO2. The van der Waals surface area contributed by atoms with Crippen LogP contribution in [0.15, 0.2) is 18.2 Å². The average molecular weight is 283 g/mol. The van der Waals surface area contributed by atoms with Crippen LogP contribution in [0.4, 0.5) is 0 Å². The topological polar surface area (TPSA) is 29.5 Å². The molecule has 19 heavy (non-hydrogen) atoms. The molecule has 1 aliphatic rings. The first kappa shape index (κ1) is 14.7. The van der Waals surface area contributed by atoms with Gasteiger partial charge in [-0.1, -0.05) is 37.8 Å². The van der Waals surface area contributed by atoms with Gasteiger partial charge < -0.3 is 9.84 Å². The van der Waals surface area contributed by atoms with Crippen LogP contribution in [0, 0.1) is 5.92 Å². The molecule has 106 valence electrons. The van der Waals surface area contributed by atoms with Crippen molar-refractivity contribution in [2.24, 2.45) is 5.92 Å². The molecule has 2 atom stereocenters. The highest BCUT2D eigenvalue weighted by atomic mass is 35.5. The Kier molecular flexibility index (Phi) is 4.75. The number of ether oxygens (including phenoxy) is 1. The van der Waals surface area contributed by atoms with Crippen molar-refractivity contribution >= 4 is 11.6 Å². The van der Waals surface area contributed by atoms with Crippen LogP contribution in [-0.4, -0.2) is 17.8 Å². The van der Waals surface area contributed by atoms with Gasteiger partial charge in [0.15, 0.2) is 0 Å². The monoisotopic (exact) mass is 282 g/mol. The van der Waals surface area contributed by atoms with Gasteiger partial charge in [-0.15, -0.1) is 0 Å². The van der Waals surface area contributed by atoms with Crippen LogP contribution < -0.4 is 4.74 Å². The van der Waals surface area contributed by atoms with Crippen LogP contribution in [0.2, 0.25) is 5.02 Å². The van der Waals surface area contributed by atoms with E-state index in [9.17, 15) is 5.11 Å². The molecule has 3 heteroatoms. The predicted octanol–water partition coefficient (Wildman–Crippen LogP) is 4.22. The first-order valence-corrected chi connectivity index (χ1v) is 7.49. The Labute approximate surface area is 120 Å². The zero-order valence-corrected chi connectivity index (χ0v) is 12.5. The Morgan fingerprint density at radius 3 is 2.95 bits per heavy atom. The van der Waals surface area contributed by atoms with Crippen molar-refractivity contribution in [3.8, 4) is 5.75 Å². The number of hydrogen-bond acceptors (Lipinski definition) is 2.